The number of ether oxygens (including phenoxy) is 1. The van der Waals surface area contributed by atoms with E-state index in [-0.39, 0.29) is 5.71 Å². The van der Waals surface area contributed by atoms with Crippen molar-refractivity contribution in [1.82, 2.24) is 0 Å². The smallest absolute Gasteiger partial charge is 0.357 e. The van der Waals surface area contributed by atoms with Gasteiger partial charge in [-0.2, -0.15) is 0 Å². The molecule has 2 aromatic rings. The Labute approximate surface area is 124 Å². The lowest BCUT2D eigenvalue weighted by Crippen LogP contribution is -2.18. The fraction of sp³-hybridized carbons (Fsp3) is 0.111. The van der Waals surface area contributed by atoms with E-state index in [0.717, 1.165) is 0 Å². The van der Waals surface area contributed by atoms with E-state index in [1.165, 1.54) is 0 Å². The summed E-state index contributed by atoms with van der Waals surface area (Å²) in [6, 6.07) is 16.4. The first-order valence-electron chi connectivity index (χ1n) is 6.63. The van der Waals surface area contributed by atoms with Crippen molar-refractivity contribution in [3.63, 3.8) is 0 Å². The number of esters is 1. The number of hydrogen-bond acceptors (Lipinski definition) is 3. The van der Waals surface area contributed by atoms with Crippen LogP contribution in [0.15, 0.2) is 59.6 Å². The van der Waals surface area contributed by atoms with Crippen molar-refractivity contribution in [2.45, 2.75) is 6.92 Å². The topological polar surface area (TPSA) is 38.7 Å². The van der Waals surface area contributed by atoms with E-state index in [9.17, 15) is 4.79 Å². The number of carbonyl (C=O) groups is 1. The Morgan fingerprint density at radius 3 is 2.48 bits per heavy atom. The third-order valence-electron chi connectivity index (χ3n) is 2.81. The highest BCUT2D eigenvalue weighted by molar-refractivity contribution is 6.43. The molecular formula is C18H15NO2. The molecule has 0 saturated heterocycles. The van der Waals surface area contributed by atoms with Crippen molar-refractivity contribution in [2.24, 2.45) is 4.99 Å². The van der Waals surface area contributed by atoms with Gasteiger partial charge in [0.2, 0.25) is 0 Å². The third kappa shape index (κ3) is 3.58. The Morgan fingerprint density at radius 1 is 1.14 bits per heavy atom. The van der Waals surface area contributed by atoms with Gasteiger partial charge in [0.1, 0.15) is 0 Å². The largest absolute Gasteiger partial charge is 0.461 e. The molecule has 0 amide bonds. The van der Waals surface area contributed by atoms with Crippen molar-refractivity contribution in [1.29, 1.82) is 0 Å². The van der Waals surface area contributed by atoms with Gasteiger partial charge in [-0.3, -0.25) is 0 Å². The van der Waals surface area contributed by atoms with Crippen molar-refractivity contribution >= 4 is 17.4 Å². The molecule has 0 bridgehead atoms. The number of hydrogen-bond donors (Lipinski definition) is 0. The maximum Gasteiger partial charge on any atom is 0.357 e. The van der Waals surface area contributed by atoms with E-state index in [4.69, 9.17) is 11.2 Å². The predicted octanol–water partition coefficient (Wildman–Crippen LogP) is 3.35. The summed E-state index contributed by atoms with van der Waals surface area (Å²) < 4.78 is 5.08. The molecule has 0 atom stereocenters. The fourth-order valence-corrected chi connectivity index (χ4v) is 1.84. The molecule has 0 heterocycles. The maximum atomic E-state index is 12.1. The van der Waals surface area contributed by atoms with Crippen LogP contribution in [-0.2, 0) is 9.53 Å². The van der Waals surface area contributed by atoms with Gasteiger partial charge in [-0.25, -0.2) is 9.79 Å². The number of nitrogens with zero attached hydrogens (tertiary/aromatic N) is 1. The molecule has 3 nitrogen and oxygen atoms in total. The molecule has 3 heteroatoms. The van der Waals surface area contributed by atoms with Gasteiger partial charge in [0, 0.05) is 11.1 Å². The normalized spacial score (nSPS) is 10.8. The van der Waals surface area contributed by atoms with Gasteiger partial charge in [-0.15, -0.1) is 6.42 Å². The average Bonchev–Trinajstić information content (AvgIpc) is 2.54. The molecule has 0 aliphatic carbocycles. The molecule has 0 aliphatic heterocycles. The van der Waals surface area contributed by atoms with Gasteiger partial charge >= 0.3 is 5.97 Å². The van der Waals surface area contributed by atoms with Gasteiger partial charge in [0.15, 0.2) is 5.71 Å². The Kier molecular flexibility index (Phi) is 4.89. The molecule has 0 N–H and O–H groups in total. The average molecular weight is 277 g/mol. The summed E-state index contributed by atoms with van der Waals surface area (Å²) >= 11 is 0. The standard InChI is InChI=1S/C18H15NO2/c1-3-14-10-8-9-13-16(14)19-17(18(20)21-4-2)15-11-6-5-7-12-15/h1,5-13H,4H2,2H3. The van der Waals surface area contributed by atoms with Gasteiger partial charge in [-0.1, -0.05) is 48.4 Å². The molecule has 0 radical (unpaired) electrons. The Balaban J connectivity index is 2.52. The number of terminal acetylenes is 1. The van der Waals surface area contributed by atoms with Crippen LogP contribution >= 0.6 is 0 Å². The van der Waals surface area contributed by atoms with Crippen LogP contribution in [0.1, 0.15) is 18.1 Å². The lowest BCUT2D eigenvalue weighted by Gasteiger charge is -2.07. The van der Waals surface area contributed by atoms with Gasteiger partial charge in [0.25, 0.3) is 0 Å². The molecule has 2 rings (SSSR count). The summed E-state index contributed by atoms with van der Waals surface area (Å²) in [5.41, 5.74) is 2.16. The molecule has 21 heavy (non-hydrogen) atoms. The Hall–Kier alpha value is -2.86. The molecule has 0 spiro atoms. The van der Waals surface area contributed by atoms with E-state index in [1.54, 1.807) is 19.1 Å². The first-order chi connectivity index (χ1) is 10.3. The zero-order valence-corrected chi connectivity index (χ0v) is 11.7. The summed E-state index contributed by atoms with van der Waals surface area (Å²) in [6.45, 7) is 2.05. The summed E-state index contributed by atoms with van der Waals surface area (Å²) in [5, 5.41) is 0. The number of rotatable bonds is 4. The Morgan fingerprint density at radius 2 is 1.81 bits per heavy atom. The van der Waals surface area contributed by atoms with Crippen LogP contribution in [0, 0.1) is 12.3 Å². The van der Waals surface area contributed by atoms with Crippen molar-refractivity contribution in [2.75, 3.05) is 6.61 Å². The highest BCUT2D eigenvalue weighted by Gasteiger charge is 2.15. The third-order valence-corrected chi connectivity index (χ3v) is 2.81. The highest BCUT2D eigenvalue weighted by Crippen LogP contribution is 2.19. The number of aliphatic imine (C=N–C) groups is 1. The molecule has 104 valence electrons. The van der Waals surface area contributed by atoms with Crippen molar-refractivity contribution in [3.05, 3.63) is 65.7 Å². The highest BCUT2D eigenvalue weighted by atomic mass is 16.5. The van der Waals surface area contributed by atoms with Crippen molar-refractivity contribution in [3.8, 4) is 12.3 Å². The van der Waals surface area contributed by atoms with Gasteiger partial charge in [0.05, 0.1) is 12.3 Å². The summed E-state index contributed by atoms with van der Waals surface area (Å²) in [7, 11) is 0. The minimum absolute atomic E-state index is 0.250. The SMILES string of the molecule is C#Cc1ccccc1N=C(C(=O)OCC)c1ccccc1. The summed E-state index contributed by atoms with van der Waals surface area (Å²) in [5.74, 6) is 2.10. The molecular weight excluding hydrogens is 262 g/mol. The Bertz CT molecular complexity index is 697. The summed E-state index contributed by atoms with van der Waals surface area (Å²) in [4.78, 5) is 16.6. The van der Waals surface area contributed by atoms with E-state index >= 15 is 0 Å². The van der Waals surface area contributed by atoms with Gasteiger partial charge in [-0.05, 0) is 19.1 Å². The van der Waals surface area contributed by atoms with Crippen LogP contribution in [-0.4, -0.2) is 18.3 Å². The summed E-state index contributed by atoms with van der Waals surface area (Å²) in [6.07, 6.45) is 5.46. The first-order valence-corrected chi connectivity index (χ1v) is 6.63. The zero-order chi connectivity index (χ0) is 15.1. The van der Waals surface area contributed by atoms with Crippen LogP contribution in [0.25, 0.3) is 0 Å². The molecule has 2 aromatic carbocycles. The number of benzene rings is 2. The zero-order valence-electron chi connectivity index (χ0n) is 11.7. The second-order valence-electron chi connectivity index (χ2n) is 4.21. The van der Waals surface area contributed by atoms with Crippen LogP contribution in [0.2, 0.25) is 0 Å². The number of carbonyl (C=O) groups excluding carboxylic acids is 1. The maximum absolute atomic E-state index is 12.1. The van der Waals surface area contributed by atoms with E-state index in [1.807, 2.05) is 42.5 Å². The van der Waals surface area contributed by atoms with Crippen LogP contribution in [0.3, 0.4) is 0 Å². The van der Waals surface area contributed by atoms with Crippen molar-refractivity contribution < 1.29 is 9.53 Å². The minimum atomic E-state index is -0.462. The quantitative estimate of drug-likeness (QED) is 0.488. The lowest BCUT2D eigenvalue weighted by molar-refractivity contribution is -0.134. The minimum Gasteiger partial charge on any atom is -0.461 e. The fourth-order valence-electron chi connectivity index (χ4n) is 1.84. The van der Waals surface area contributed by atoms with E-state index in [0.29, 0.717) is 23.4 Å². The molecule has 0 saturated carbocycles. The van der Waals surface area contributed by atoms with E-state index < -0.39 is 5.97 Å². The van der Waals surface area contributed by atoms with Gasteiger partial charge < -0.3 is 4.74 Å². The monoisotopic (exact) mass is 277 g/mol. The van der Waals surface area contributed by atoms with E-state index in [2.05, 4.69) is 10.9 Å². The number of para-hydroxylation sites is 1. The molecule has 0 fully saturated rings. The molecule has 0 aliphatic rings. The molecule has 0 aromatic heterocycles. The second-order valence-corrected chi connectivity index (χ2v) is 4.21. The predicted molar refractivity (Wildman–Crippen MR) is 83.6 cm³/mol. The lowest BCUT2D eigenvalue weighted by atomic mass is 10.1. The first kappa shape index (κ1) is 14.5. The molecule has 0 unspecified atom stereocenters. The van der Waals surface area contributed by atoms with Crippen LogP contribution in [0.5, 0.6) is 0 Å². The second kappa shape index (κ2) is 7.06. The van der Waals surface area contributed by atoms with Crippen LogP contribution in [0.4, 0.5) is 5.69 Å². The van der Waals surface area contributed by atoms with Crippen LogP contribution < -0.4 is 0 Å².